The van der Waals surface area contributed by atoms with E-state index in [1.54, 1.807) is 42.6 Å². The Balaban J connectivity index is 1.29. The number of benzene rings is 2. The van der Waals surface area contributed by atoms with E-state index in [1.807, 2.05) is 30.3 Å². The number of carbonyl (C=O) groups is 2. The maximum Gasteiger partial charge on any atom is 0.273 e. The Labute approximate surface area is 185 Å². The lowest BCUT2D eigenvalue weighted by Crippen LogP contribution is -2.27. The fraction of sp³-hybridized carbons (Fsp3) is 0.120. The van der Waals surface area contributed by atoms with Crippen LogP contribution in [0.1, 0.15) is 32.0 Å². The summed E-state index contributed by atoms with van der Waals surface area (Å²) in [6.45, 7) is 1.24. The van der Waals surface area contributed by atoms with Gasteiger partial charge in [-0.25, -0.2) is 4.98 Å². The highest BCUT2D eigenvalue weighted by Crippen LogP contribution is 2.20. The summed E-state index contributed by atoms with van der Waals surface area (Å²) in [7, 11) is 0. The second-order valence-corrected chi connectivity index (χ2v) is 6.98. The van der Waals surface area contributed by atoms with Crippen molar-refractivity contribution in [1.82, 2.24) is 15.3 Å². The number of carbonyl (C=O) groups excluding carboxylic acids is 2. The first-order valence-electron chi connectivity index (χ1n) is 10.1. The highest BCUT2D eigenvalue weighted by molar-refractivity contribution is 6.08. The van der Waals surface area contributed by atoms with Crippen LogP contribution >= 0.6 is 0 Å². The lowest BCUT2D eigenvalue weighted by atomic mass is 10.0. The van der Waals surface area contributed by atoms with Crippen molar-refractivity contribution in [2.24, 2.45) is 0 Å². The van der Waals surface area contributed by atoms with Crippen LogP contribution in [0.5, 0.6) is 0 Å². The smallest absolute Gasteiger partial charge is 0.273 e. The van der Waals surface area contributed by atoms with Gasteiger partial charge in [0, 0.05) is 35.6 Å². The first-order valence-corrected chi connectivity index (χ1v) is 10.1. The van der Waals surface area contributed by atoms with Gasteiger partial charge in [0.05, 0.1) is 13.2 Å². The zero-order valence-corrected chi connectivity index (χ0v) is 17.2. The Morgan fingerprint density at radius 1 is 0.938 bits per heavy atom. The molecule has 0 aliphatic rings. The molecule has 4 aromatic rings. The molecule has 2 aromatic heterocycles. The van der Waals surface area contributed by atoms with E-state index in [-0.39, 0.29) is 17.4 Å². The largest absolute Gasteiger partial charge is 0.444 e. The summed E-state index contributed by atoms with van der Waals surface area (Å²) in [5.41, 5.74) is 2.97. The molecule has 0 aliphatic carbocycles. The highest BCUT2D eigenvalue weighted by Gasteiger charge is 2.14. The van der Waals surface area contributed by atoms with Crippen LogP contribution in [0.3, 0.4) is 0 Å². The molecule has 1 amide bonds. The molecule has 7 heteroatoms. The lowest BCUT2D eigenvalue weighted by molar-refractivity contribution is 0.0896. The summed E-state index contributed by atoms with van der Waals surface area (Å²) in [6, 6.07) is 20.1. The van der Waals surface area contributed by atoms with Crippen molar-refractivity contribution in [3.05, 3.63) is 108 Å². The molecule has 0 saturated carbocycles. The molecule has 0 radical (unpaired) electrons. The zero-order chi connectivity index (χ0) is 22.2. The summed E-state index contributed by atoms with van der Waals surface area (Å²) in [6.07, 6.45) is 4.46. The van der Waals surface area contributed by atoms with Crippen LogP contribution < -0.4 is 5.32 Å². The number of aromatic nitrogens is 2. The van der Waals surface area contributed by atoms with Crippen molar-refractivity contribution >= 4 is 11.7 Å². The van der Waals surface area contributed by atoms with E-state index < -0.39 is 0 Å². The number of hydrogen-bond acceptors (Lipinski definition) is 6. The molecule has 0 unspecified atom stereocenters. The first-order chi connectivity index (χ1) is 15.7. The fourth-order valence-electron chi connectivity index (χ4n) is 3.03. The number of ether oxygens (including phenoxy) is 1. The minimum atomic E-state index is -0.341. The number of rotatable bonds is 9. The molecule has 160 valence electrons. The van der Waals surface area contributed by atoms with E-state index in [9.17, 15) is 9.59 Å². The van der Waals surface area contributed by atoms with Gasteiger partial charge < -0.3 is 14.5 Å². The van der Waals surface area contributed by atoms with Crippen LogP contribution in [0.25, 0.3) is 11.5 Å². The molecule has 0 spiro atoms. The van der Waals surface area contributed by atoms with Crippen LogP contribution in [0.4, 0.5) is 0 Å². The van der Waals surface area contributed by atoms with E-state index in [2.05, 4.69) is 15.3 Å². The third-order valence-corrected chi connectivity index (χ3v) is 4.70. The Morgan fingerprint density at radius 3 is 2.50 bits per heavy atom. The molecular weight excluding hydrogens is 406 g/mol. The molecular formula is C25H21N3O4. The van der Waals surface area contributed by atoms with Gasteiger partial charge in [-0.1, -0.05) is 42.5 Å². The van der Waals surface area contributed by atoms with Crippen LogP contribution in [0.2, 0.25) is 0 Å². The van der Waals surface area contributed by atoms with Crippen molar-refractivity contribution in [1.29, 1.82) is 0 Å². The van der Waals surface area contributed by atoms with Gasteiger partial charge in [-0.15, -0.1) is 0 Å². The predicted octanol–water partition coefficient (Wildman–Crippen LogP) is 3.91. The van der Waals surface area contributed by atoms with Crippen molar-refractivity contribution < 1.29 is 18.7 Å². The van der Waals surface area contributed by atoms with E-state index in [0.717, 1.165) is 5.56 Å². The second kappa shape index (κ2) is 10.3. The lowest BCUT2D eigenvalue weighted by Gasteiger charge is -2.05. The second-order valence-electron chi connectivity index (χ2n) is 6.98. The van der Waals surface area contributed by atoms with Crippen LogP contribution in [0, 0.1) is 0 Å². The fourth-order valence-corrected chi connectivity index (χ4v) is 3.03. The first kappa shape index (κ1) is 21.1. The van der Waals surface area contributed by atoms with Gasteiger partial charge in [-0.3, -0.25) is 14.6 Å². The monoisotopic (exact) mass is 427 g/mol. The van der Waals surface area contributed by atoms with Gasteiger partial charge in [0.1, 0.15) is 6.26 Å². The van der Waals surface area contributed by atoms with Crippen LogP contribution in [0.15, 0.2) is 89.8 Å². The molecule has 7 nitrogen and oxygen atoms in total. The van der Waals surface area contributed by atoms with E-state index >= 15 is 0 Å². The summed E-state index contributed by atoms with van der Waals surface area (Å²) >= 11 is 0. The average molecular weight is 427 g/mol. The molecule has 1 N–H and O–H groups in total. The summed E-state index contributed by atoms with van der Waals surface area (Å²) in [5, 5.41) is 2.76. The Hall–Kier alpha value is -4.10. The number of ketones is 1. The van der Waals surface area contributed by atoms with Gasteiger partial charge in [-0.2, -0.15) is 0 Å². The molecule has 2 heterocycles. The molecule has 32 heavy (non-hydrogen) atoms. The average Bonchev–Trinajstić information content (AvgIpc) is 3.35. The normalized spacial score (nSPS) is 10.6. The van der Waals surface area contributed by atoms with Crippen molar-refractivity contribution in [2.75, 3.05) is 13.2 Å². The highest BCUT2D eigenvalue weighted by atomic mass is 16.5. The molecule has 4 rings (SSSR count). The Morgan fingerprint density at radius 2 is 1.75 bits per heavy atom. The molecule has 0 fully saturated rings. The maximum atomic E-state index is 12.5. The van der Waals surface area contributed by atoms with Gasteiger partial charge in [0.15, 0.2) is 11.5 Å². The van der Waals surface area contributed by atoms with Gasteiger partial charge in [0.2, 0.25) is 5.89 Å². The van der Waals surface area contributed by atoms with Crippen molar-refractivity contribution in [2.45, 2.75) is 6.61 Å². The van der Waals surface area contributed by atoms with Crippen molar-refractivity contribution in [3.8, 4) is 11.5 Å². The number of oxazole rings is 1. The van der Waals surface area contributed by atoms with E-state index in [4.69, 9.17) is 9.15 Å². The van der Waals surface area contributed by atoms with E-state index in [1.165, 1.54) is 12.5 Å². The predicted molar refractivity (Wildman–Crippen MR) is 118 cm³/mol. The number of hydrogen-bond donors (Lipinski definition) is 1. The van der Waals surface area contributed by atoms with Gasteiger partial charge >= 0.3 is 0 Å². The molecule has 0 bridgehead atoms. The third-order valence-electron chi connectivity index (χ3n) is 4.70. The summed E-state index contributed by atoms with van der Waals surface area (Å²) in [5.74, 6) is -0.158. The summed E-state index contributed by atoms with van der Waals surface area (Å²) < 4.78 is 11.0. The number of amides is 1. The SMILES string of the molecule is O=C(c1ccc(-c2nc(C(=O)NCCOCc3ccccc3)co2)cc1)c1cccnc1. The van der Waals surface area contributed by atoms with Crippen LogP contribution in [-0.4, -0.2) is 34.8 Å². The zero-order valence-electron chi connectivity index (χ0n) is 17.2. The molecule has 2 aromatic carbocycles. The van der Waals surface area contributed by atoms with Gasteiger partial charge in [-0.05, 0) is 29.8 Å². The standard InChI is InChI=1S/C25H21N3O4/c29-23(21-7-4-12-26-15-21)19-8-10-20(11-9-19)25-28-22(17-32-25)24(30)27-13-14-31-16-18-5-2-1-3-6-18/h1-12,15,17H,13-14,16H2,(H,27,30). The van der Waals surface area contributed by atoms with Crippen molar-refractivity contribution in [3.63, 3.8) is 0 Å². The Kier molecular flexibility index (Phi) is 6.79. The third kappa shape index (κ3) is 5.33. The number of nitrogens with zero attached hydrogens (tertiary/aromatic N) is 2. The topological polar surface area (TPSA) is 94.3 Å². The molecule has 0 saturated heterocycles. The van der Waals surface area contributed by atoms with Gasteiger partial charge in [0.25, 0.3) is 5.91 Å². The minimum Gasteiger partial charge on any atom is -0.444 e. The van der Waals surface area contributed by atoms with E-state index in [0.29, 0.717) is 42.3 Å². The van der Waals surface area contributed by atoms with Crippen LogP contribution in [-0.2, 0) is 11.3 Å². The summed E-state index contributed by atoms with van der Waals surface area (Å²) in [4.78, 5) is 33.0. The number of nitrogens with one attached hydrogen (secondary N) is 1. The number of pyridine rings is 1. The molecule has 0 atom stereocenters. The maximum absolute atomic E-state index is 12.5. The quantitative estimate of drug-likeness (QED) is 0.321. The minimum absolute atomic E-state index is 0.119. The Bertz CT molecular complexity index is 1170. The molecule has 0 aliphatic heterocycles.